The molecule has 0 radical (unpaired) electrons. The largest absolute Gasteiger partial charge is 0.497 e. The third-order valence-electron chi connectivity index (χ3n) is 5.88. The smallest absolute Gasteiger partial charge is 0.226 e. The van der Waals surface area contributed by atoms with Crippen LogP contribution in [0, 0.1) is 5.92 Å². The molecule has 2 aromatic rings. The molecule has 0 spiro atoms. The quantitative estimate of drug-likeness (QED) is 0.781. The molecule has 1 saturated heterocycles. The highest BCUT2D eigenvalue weighted by atomic mass is 16.5. The Morgan fingerprint density at radius 2 is 1.97 bits per heavy atom. The van der Waals surface area contributed by atoms with E-state index in [-0.39, 0.29) is 12.0 Å². The van der Waals surface area contributed by atoms with Gasteiger partial charge in [-0.1, -0.05) is 12.1 Å². The molecule has 0 bridgehead atoms. The van der Waals surface area contributed by atoms with Gasteiger partial charge in [-0.3, -0.25) is 4.79 Å². The zero-order valence-electron chi connectivity index (χ0n) is 16.8. The lowest BCUT2D eigenvalue weighted by Gasteiger charge is -2.41. The molecule has 2 fully saturated rings. The van der Waals surface area contributed by atoms with E-state index >= 15 is 0 Å². The Morgan fingerprint density at radius 3 is 2.72 bits per heavy atom. The minimum Gasteiger partial charge on any atom is -0.497 e. The van der Waals surface area contributed by atoms with Crippen molar-refractivity contribution in [3.8, 4) is 17.2 Å². The van der Waals surface area contributed by atoms with E-state index in [1.54, 1.807) is 7.11 Å². The number of hydrogen-bond donors (Lipinski definition) is 0. The molecule has 0 aromatic heterocycles. The number of amidine groups is 1. The van der Waals surface area contributed by atoms with Crippen LogP contribution < -0.4 is 9.47 Å². The highest BCUT2D eigenvalue weighted by Gasteiger charge is 2.38. The maximum atomic E-state index is 12.6. The summed E-state index contributed by atoms with van der Waals surface area (Å²) >= 11 is 0. The van der Waals surface area contributed by atoms with Crippen LogP contribution >= 0.6 is 0 Å². The van der Waals surface area contributed by atoms with Crippen molar-refractivity contribution in [2.75, 3.05) is 26.7 Å². The summed E-state index contributed by atoms with van der Waals surface area (Å²) in [6.07, 6.45) is 2.08. The molecule has 29 heavy (non-hydrogen) atoms. The van der Waals surface area contributed by atoms with Gasteiger partial charge in [0.25, 0.3) is 0 Å². The normalized spacial score (nSPS) is 20.8. The van der Waals surface area contributed by atoms with Crippen molar-refractivity contribution in [2.24, 2.45) is 10.9 Å². The summed E-state index contributed by atoms with van der Waals surface area (Å²) in [6, 6.07) is 13.8. The number of piperazine rings is 1. The zero-order valence-corrected chi connectivity index (χ0v) is 16.8. The number of ether oxygens (including phenoxy) is 2. The van der Waals surface area contributed by atoms with E-state index in [1.165, 1.54) is 0 Å². The third-order valence-corrected chi connectivity index (χ3v) is 5.88. The summed E-state index contributed by atoms with van der Waals surface area (Å²) in [5.41, 5.74) is 1.72. The number of rotatable bonds is 2. The first-order chi connectivity index (χ1) is 14.1. The minimum absolute atomic E-state index is 0.146. The molecular formula is C23H25N3O3. The molecule has 2 aliphatic heterocycles. The van der Waals surface area contributed by atoms with E-state index in [0.29, 0.717) is 5.91 Å². The van der Waals surface area contributed by atoms with E-state index in [0.717, 1.165) is 66.8 Å². The molecule has 2 aromatic carbocycles. The highest BCUT2D eigenvalue weighted by molar-refractivity contribution is 6.04. The van der Waals surface area contributed by atoms with Crippen LogP contribution in [0.25, 0.3) is 0 Å². The summed E-state index contributed by atoms with van der Waals surface area (Å²) in [7, 11) is 1.66. The van der Waals surface area contributed by atoms with Crippen LogP contribution in [-0.4, -0.2) is 54.3 Å². The second kappa shape index (κ2) is 7.10. The summed E-state index contributed by atoms with van der Waals surface area (Å²) in [5, 5.41) is 0. The van der Waals surface area contributed by atoms with Gasteiger partial charge < -0.3 is 19.3 Å². The van der Waals surface area contributed by atoms with Crippen molar-refractivity contribution >= 4 is 17.4 Å². The fraction of sp³-hybridized carbons (Fsp3) is 0.391. The Bertz CT molecular complexity index is 983. The number of nitrogens with zero attached hydrogens (tertiary/aromatic N) is 3. The van der Waals surface area contributed by atoms with Crippen LogP contribution in [-0.2, 0) is 4.79 Å². The van der Waals surface area contributed by atoms with Crippen molar-refractivity contribution in [3.63, 3.8) is 0 Å². The van der Waals surface area contributed by atoms with Crippen molar-refractivity contribution in [1.29, 1.82) is 0 Å². The fourth-order valence-electron chi connectivity index (χ4n) is 4.11. The molecule has 6 nitrogen and oxygen atoms in total. The molecule has 1 amide bonds. The van der Waals surface area contributed by atoms with Crippen molar-refractivity contribution in [1.82, 2.24) is 9.80 Å². The second-order valence-electron chi connectivity index (χ2n) is 7.97. The van der Waals surface area contributed by atoms with E-state index in [1.807, 2.05) is 47.4 Å². The maximum absolute atomic E-state index is 12.6. The SMILES string of the molecule is COc1ccc2c(c1)C(N1CCN(C(=O)C3CC3)[C@@H](C)C1)=Nc1ccccc1O2. The van der Waals surface area contributed by atoms with Gasteiger partial charge in [0.15, 0.2) is 5.75 Å². The average Bonchev–Trinajstić information content (AvgIpc) is 3.59. The molecule has 6 heteroatoms. The van der Waals surface area contributed by atoms with Crippen molar-refractivity contribution in [3.05, 3.63) is 48.0 Å². The van der Waals surface area contributed by atoms with Gasteiger partial charge in [0, 0.05) is 31.6 Å². The monoisotopic (exact) mass is 391 g/mol. The van der Waals surface area contributed by atoms with Gasteiger partial charge in [0.1, 0.15) is 23.0 Å². The lowest BCUT2D eigenvalue weighted by atomic mass is 10.1. The first-order valence-corrected chi connectivity index (χ1v) is 10.2. The average molecular weight is 391 g/mol. The third kappa shape index (κ3) is 3.33. The second-order valence-corrected chi connectivity index (χ2v) is 7.97. The van der Waals surface area contributed by atoms with E-state index in [9.17, 15) is 4.79 Å². The Morgan fingerprint density at radius 1 is 1.14 bits per heavy atom. The first-order valence-electron chi connectivity index (χ1n) is 10.2. The Kier molecular flexibility index (Phi) is 4.42. The first kappa shape index (κ1) is 18.0. The summed E-state index contributed by atoms with van der Waals surface area (Å²) in [4.78, 5) is 21.9. The van der Waals surface area contributed by atoms with Crippen LogP contribution in [0.15, 0.2) is 47.5 Å². The Labute approximate surface area is 170 Å². The van der Waals surface area contributed by atoms with Gasteiger partial charge >= 0.3 is 0 Å². The molecule has 0 N–H and O–H groups in total. The van der Waals surface area contributed by atoms with Crippen LogP contribution in [0.1, 0.15) is 25.3 Å². The fourth-order valence-corrected chi connectivity index (χ4v) is 4.11. The molecule has 2 heterocycles. The summed E-state index contributed by atoms with van der Waals surface area (Å²) < 4.78 is 11.6. The number of aliphatic imine (C=N–C) groups is 1. The van der Waals surface area contributed by atoms with Crippen LogP contribution in [0.4, 0.5) is 5.69 Å². The van der Waals surface area contributed by atoms with E-state index < -0.39 is 0 Å². The molecule has 1 atom stereocenters. The lowest BCUT2D eigenvalue weighted by molar-refractivity contribution is -0.136. The molecular weight excluding hydrogens is 366 g/mol. The molecule has 5 rings (SSSR count). The van der Waals surface area contributed by atoms with Crippen molar-refractivity contribution < 1.29 is 14.3 Å². The van der Waals surface area contributed by atoms with Gasteiger partial charge in [0.2, 0.25) is 5.91 Å². The number of carbonyl (C=O) groups is 1. The van der Waals surface area contributed by atoms with Crippen LogP contribution in [0.2, 0.25) is 0 Å². The number of methoxy groups -OCH3 is 1. The van der Waals surface area contributed by atoms with Gasteiger partial charge in [-0.15, -0.1) is 0 Å². The van der Waals surface area contributed by atoms with E-state index in [4.69, 9.17) is 14.5 Å². The number of para-hydroxylation sites is 2. The summed E-state index contributed by atoms with van der Waals surface area (Å²) in [5.74, 6) is 3.71. The minimum atomic E-state index is 0.146. The maximum Gasteiger partial charge on any atom is 0.226 e. The van der Waals surface area contributed by atoms with Gasteiger partial charge in [-0.25, -0.2) is 4.99 Å². The molecule has 150 valence electrons. The standard InChI is InChI=1S/C23H25N3O3/c1-15-14-25(11-12-26(15)23(27)16-7-8-16)22-18-13-17(28-2)9-10-20(18)29-21-6-4-3-5-19(21)24-22/h3-6,9-10,13,15-16H,7-8,11-12,14H2,1-2H3/t15-/m0/s1. The van der Waals surface area contributed by atoms with Crippen LogP contribution in [0.3, 0.4) is 0 Å². The van der Waals surface area contributed by atoms with Crippen molar-refractivity contribution in [2.45, 2.75) is 25.8 Å². The predicted octanol–water partition coefficient (Wildman–Crippen LogP) is 3.82. The molecule has 3 aliphatic rings. The van der Waals surface area contributed by atoms with E-state index in [2.05, 4.69) is 11.8 Å². The lowest BCUT2D eigenvalue weighted by Crippen LogP contribution is -2.56. The molecule has 1 saturated carbocycles. The number of hydrogen-bond acceptors (Lipinski definition) is 5. The van der Waals surface area contributed by atoms with Crippen LogP contribution in [0.5, 0.6) is 17.2 Å². The molecule has 0 unspecified atom stereocenters. The van der Waals surface area contributed by atoms with Gasteiger partial charge in [-0.2, -0.15) is 0 Å². The Hall–Kier alpha value is -3.02. The number of fused-ring (bicyclic) bond motifs is 2. The number of benzene rings is 2. The summed E-state index contributed by atoms with van der Waals surface area (Å²) in [6.45, 7) is 4.34. The number of amides is 1. The Balaban J connectivity index is 1.51. The van der Waals surface area contributed by atoms with Gasteiger partial charge in [0.05, 0.1) is 12.7 Å². The number of carbonyl (C=O) groups excluding carboxylic acids is 1. The topological polar surface area (TPSA) is 54.4 Å². The molecule has 1 aliphatic carbocycles. The highest BCUT2D eigenvalue weighted by Crippen LogP contribution is 2.39. The predicted molar refractivity (Wildman–Crippen MR) is 111 cm³/mol. The zero-order chi connectivity index (χ0) is 20.0. The van der Waals surface area contributed by atoms with Gasteiger partial charge in [-0.05, 0) is 50.1 Å².